The summed E-state index contributed by atoms with van der Waals surface area (Å²) in [6, 6.07) is 3.19. The molecule has 0 aromatic heterocycles. The smallest absolute Gasteiger partial charge is 0.255 e. The van der Waals surface area contributed by atoms with E-state index in [0.29, 0.717) is 5.56 Å². The third-order valence-electron chi connectivity index (χ3n) is 5.99. The topological polar surface area (TPSA) is 184 Å². The fourth-order valence-electron chi connectivity index (χ4n) is 4.65. The zero-order valence-electron chi connectivity index (χ0n) is 14.5. The van der Waals surface area contributed by atoms with Crippen LogP contribution >= 0.6 is 0 Å². The monoisotopic (exact) mass is 386 g/mol. The van der Waals surface area contributed by atoms with E-state index in [1.165, 1.54) is 6.07 Å². The van der Waals surface area contributed by atoms with E-state index in [9.17, 15) is 34.8 Å². The molecule has 1 fully saturated rings. The summed E-state index contributed by atoms with van der Waals surface area (Å²) in [5.74, 6) is -7.02. The largest absolute Gasteiger partial charge is 0.508 e. The molecule has 1 aromatic carbocycles. The number of nitrogens with two attached hydrogens (primary N) is 2. The van der Waals surface area contributed by atoms with Crippen molar-refractivity contribution in [3.05, 3.63) is 46.2 Å². The highest BCUT2D eigenvalue weighted by Gasteiger charge is 2.62. The van der Waals surface area contributed by atoms with E-state index in [2.05, 4.69) is 0 Å². The molecule has 9 heteroatoms. The van der Waals surface area contributed by atoms with Gasteiger partial charge in [-0.1, -0.05) is 12.1 Å². The number of aromatic hydroxyl groups is 1. The van der Waals surface area contributed by atoms with Crippen LogP contribution in [0, 0.1) is 11.8 Å². The van der Waals surface area contributed by atoms with E-state index >= 15 is 0 Å². The molecule has 0 aliphatic heterocycles. The minimum atomic E-state index is -2.67. The van der Waals surface area contributed by atoms with Crippen molar-refractivity contribution in [3.63, 3.8) is 0 Å². The highest BCUT2D eigenvalue weighted by Crippen LogP contribution is 2.51. The highest BCUT2D eigenvalue weighted by molar-refractivity contribution is 6.24. The van der Waals surface area contributed by atoms with Crippen LogP contribution in [-0.2, 0) is 20.8 Å². The number of carbonyl (C=O) groups excluding carboxylic acids is 3. The van der Waals surface area contributed by atoms with E-state index < -0.39 is 58.0 Å². The van der Waals surface area contributed by atoms with Crippen molar-refractivity contribution in [3.8, 4) is 5.75 Å². The van der Waals surface area contributed by atoms with Crippen LogP contribution in [0.2, 0.25) is 0 Å². The van der Waals surface area contributed by atoms with Gasteiger partial charge in [0.2, 0.25) is 5.78 Å². The summed E-state index contributed by atoms with van der Waals surface area (Å²) in [6.45, 7) is 0. The second-order valence-electron chi connectivity index (χ2n) is 7.39. The molecule has 1 aromatic rings. The Morgan fingerprint density at radius 2 is 1.86 bits per heavy atom. The molecular weight excluding hydrogens is 368 g/mol. The number of phenols is 1. The summed E-state index contributed by atoms with van der Waals surface area (Å²) in [4.78, 5) is 37.2. The highest BCUT2D eigenvalue weighted by atomic mass is 16.3. The number of carbonyl (C=O) groups is 3. The lowest BCUT2D eigenvalue weighted by molar-refractivity contribution is -0.149. The molecule has 3 aliphatic rings. The summed E-state index contributed by atoms with van der Waals surface area (Å²) in [6.07, 6.45) is 0.259. The van der Waals surface area contributed by atoms with Gasteiger partial charge in [-0.3, -0.25) is 14.4 Å². The van der Waals surface area contributed by atoms with Crippen LogP contribution in [0.4, 0.5) is 0 Å². The van der Waals surface area contributed by atoms with Crippen molar-refractivity contribution in [2.24, 2.45) is 23.3 Å². The van der Waals surface area contributed by atoms with Gasteiger partial charge in [0, 0.05) is 11.5 Å². The first kappa shape index (κ1) is 18.2. The summed E-state index contributed by atoms with van der Waals surface area (Å²) < 4.78 is 0. The summed E-state index contributed by atoms with van der Waals surface area (Å²) >= 11 is 0. The summed E-state index contributed by atoms with van der Waals surface area (Å²) in [5, 5.41) is 42.3. The average molecular weight is 386 g/mol. The number of benzene rings is 1. The van der Waals surface area contributed by atoms with Crippen molar-refractivity contribution in [1.29, 1.82) is 0 Å². The number of phenolic OH excluding ortho intramolecular Hbond substituents is 1. The zero-order chi connectivity index (χ0) is 20.5. The standard InChI is InChI=1S/C19H18N2O7/c20-13-8-5-7-4-6-2-1-3-9(22)10(6)14(23)11(7)16(25)19(8,28)17(26)12(15(13)24)18(21)27/h1-3,7-8,13,22-23,26,28H,4-5,20H2,(H2,21,27)/t7?,8?,13-,19-/m0/s1. The molecule has 28 heavy (non-hydrogen) atoms. The lowest BCUT2D eigenvalue weighted by atomic mass is 9.58. The van der Waals surface area contributed by atoms with Crippen LogP contribution in [0.1, 0.15) is 17.5 Å². The molecule has 0 heterocycles. The third kappa shape index (κ3) is 2.05. The molecular formula is C19H18N2O7. The lowest BCUT2D eigenvalue weighted by Gasteiger charge is -2.48. The van der Waals surface area contributed by atoms with Gasteiger partial charge in [-0.2, -0.15) is 0 Å². The van der Waals surface area contributed by atoms with Gasteiger partial charge >= 0.3 is 0 Å². The molecule has 3 aliphatic carbocycles. The van der Waals surface area contributed by atoms with Gasteiger partial charge in [0.25, 0.3) is 5.91 Å². The summed E-state index contributed by atoms with van der Waals surface area (Å²) in [5.41, 5.74) is 7.93. The molecule has 0 spiro atoms. The number of rotatable bonds is 1. The van der Waals surface area contributed by atoms with Gasteiger partial charge in [-0.05, 0) is 30.4 Å². The van der Waals surface area contributed by atoms with E-state index in [1.54, 1.807) is 12.1 Å². The van der Waals surface area contributed by atoms with Crippen LogP contribution in [0.3, 0.4) is 0 Å². The first-order valence-electron chi connectivity index (χ1n) is 8.65. The van der Waals surface area contributed by atoms with Gasteiger partial charge in [0.05, 0.1) is 11.6 Å². The molecule has 4 atom stereocenters. The van der Waals surface area contributed by atoms with Gasteiger partial charge < -0.3 is 31.9 Å². The minimum absolute atomic E-state index is 0.000260. The van der Waals surface area contributed by atoms with E-state index in [0.717, 1.165) is 0 Å². The zero-order valence-corrected chi connectivity index (χ0v) is 14.5. The predicted octanol–water partition coefficient (Wildman–Crippen LogP) is -0.639. The van der Waals surface area contributed by atoms with Crippen LogP contribution < -0.4 is 11.5 Å². The van der Waals surface area contributed by atoms with Crippen molar-refractivity contribution in [2.45, 2.75) is 24.5 Å². The number of hydrogen-bond donors (Lipinski definition) is 6. The van der Waals surface area contributed by atoms with Gasteiger partial charge in [-0.15, -0.1) is 0 Å². The van der Waals surface area contributed by atoms with Crippen molar-refractivity contribution in [1.82, 2.24) is 0 Å². The van der Waals surface area contributed by atoms with E-state index in [-0.39, 0.29) is 29.7 Å². The Balaban J connectivity index is 1.96. The Bertz CT molecular complexity index is 1030. The second-order valence-corrected chi connectivity index (χ2v) is 7.39. The molecule has 1 amide bonds. The summed E-state index contributed by atoms with van der Waals surface area (Å²) in [7, 11) is 0. The van der Waals surface area contributed by atoms with Crippen LogP contribution in [0.15, 0.2) is 35.1 Å². The van der Waals surface area contributed by atoms with Gasteiger partial charge in [0.1, 0.15) is 22.8 Å². The van der Waals surface area contributed by atoms with Crippen molar-refractivity contribution >= 4 is 23.2 Å². The fourth-order valence-corrected chi connectivity index (χ4v) is 4.65. The van der Waals surface area contributed by atoms with Crippen molar-refractivity contribution < 1.29 is 34.8 Å². The Morgan fingerprint density at radius 1 is 1.18 bits per heavy atom. The SMILES string of the molecule is NC(=O)C1=C(O)[C@@]2(O)C(=O)C3=C(O)c4c(O)cccc4CC3CC2[C@H](N)C1=O. The molecule has 1 saturated carbocycles. The van der Waals surface area contributed by atoms with Crippen LogP contribution in [0.5, 0.6) is 5.75 Å². The molecule has 9 nitrogen and oxygen atoms in total. The maximum atomic E-state index is 13.2. The first-order chi connectivity index (χ1) is 13.1. The molecule has 0 radical (unpaired) electrons. The average Bonchev–Trinajstić information content (AvgIpc) is 2.62. The number of aliphatic hydroxyl groups is 3. The molecule has 0 bridgehead atoms. The third-order valence-corrected chi connectivity index (χ3v) is 5.99. The molecule has 8 N–H and O–H groups in total. The van der Waals surface area contributed by atoms with Crippen LogP contribution in [-0.4, -0.2) is 49.5 Å². The quantitative estimate of drug-likeness (QED) is 0.344. The van der Waals surface area contributed by atoms with Gasteiger partial charge in [0.15, 0.2) is 11.4 Å². The normalized spacial score (nSPS) is 32.0. The Morgan fingerprint density at radius 3 is 2.50 bits per heavy atom. The number of Topliss-reactive ketones (excluding diaryl/α,β-unsaturated/α-hetero) is 2. The van der Waals surface area contributed by atoms with E-state index in [1.807, 2.05) is 0 Å². The Hall–Kier alpha value is -3.17. The number of hydrogen-bond acceptors (Lipinski definition) is 8. The number of fused-ring (bicyclic) bond motifs is 3. The number of primary amides is 1. The lowest BCUT2D eigenvalue weighted by Crippen LogP contribution is -2.65. The fraction of sp³-hybridized carbons (Fsp3) is 0.316. The molecule has 4 rings (SSSR count). The Kier molecular flexibility index (Phi) is 3.68. The Labute approximate surface area is 158 Å². The van der Waals surface area contributed by atoms with Gasteiger partial charge in [-0.25, -0.2) is 0 Å². The molecule has 0 saturated heterocycles. The second kappa shape index (κ2) is 5.66. The number of amides is 1. The maximum Gasteiger partial charge on any atom is 0.255 e. The number of aliphatic hydroxyl groups excluding tert-OH is 2. The minimum Gasteiger partial charge on any atom is -0.508 e. The predicted molar refractivity (Wildman–Crippen MR) is 94.7 cm³/mol. The van der Waals surface area contributed by atoms with Crippen molar-refractivity contribution in [2.75, 3.05) is 0 Å². The maximum absolute atomic E-state index is 13.2. The molecule has 146 valence electrons. The van der Waals surface area contributed by atoms with Crippen LogP contribution in [0.25, 0.3) is 5.76 Å². The number of ketones is 2. The molecule has 2 unspecified atom stereocenters. The first-order valence-corrected chi connectivity index (χ1v) is 8.65. The van der Waals surface area contributed by atoms with E-state index in [4.69, 9.17) is 11.5 Å².